The van der Waals surface area contributed by atoms with E-state index < -0.39 is 0 Å². The van der Waals surface area contributed by atoms with Gasteiger partial charge < -0.3 is 4.42 Å². The number of aromatic nitrogens is 2. The zero-order valence-corrected chi connectivity index (χ0v) is 20.8. The van der Waals surface area contributed by atoms with E-state index in [9.17, 15) is 0 Å². The van der Waals surface area contributed by atoms with Crippen LogP contribution in [0.1, 0.15) is 0 Å². The van der Waals surface area contributed by atoms with Crippen LogP contribution in [0.15, 0.2) is 126 Å². The Kier molecular flexibility index (Phi) is 4.05. The zero-order valence-electron chi connectivity index (χ0n) is 20.8. The van der Waals surface area contributed by atoms with Crippen LogP contribution in [0.3, 0.4) is 0 Å². The fraction of sp³-hybridized carbons (Fsp3) is 0. The molecular formula is C36H20N2O. The molecule has 0 unspecified atom stereocenters. The maximum Gasteiger partial charge on any atom is 0.160 e. The van der Waals surface area contributed by atoms with Gasteiger partial charge in [0.05, 0.1) is 11.2 Å². The summed E-state index contributed by atoms with van der Waals surface area (Å²) < 4.78 is 6.49. The lowest BCUT2D eigenvalue weighted by molar-refractivity contribution is 0.669. The Morgan fingerprint density at radius 1 is 0.436 bits per heavy atom. The Balaban J connectivity index is 1.42. The van der Waals surface area contributed by atoms with E-state index in [4.69, 9.17) is 14.4 Å². The van der Waals surface area contributed by atoms with E-state index in [1.165, 1.54) is 37.7 Å². The fourth-order valence-electron chi connectivity index (χ4n) is 6.22. The molecule has 2 heterocycles. The van der Waals surface area contributed by atoms with Crippen molar-refractivity contribution in [3.8, 4) is 22.6 Å². The highest BCUT2D eigenvalue weighted by atomic mass is 16.3. The first kappa shape index (κ1) is 20.7. The highest BCUT2D eigenvalue weighted by Crippen LogP contribution is 2.45. The summed E-state index contributed by atoms with van der Waals surface area (Å²) in [4.78, 5) is 10.2. The molecule has 0 fully saturated rings. The summed E-state index contributed by atoms with van der Waals surface area (Å²) >= 11 is 0. The molecule has 0 bridgehead atoms. The van der Waals surface area contributed by atoms with Crippen LogP contribution < -0.4 is 0 Å². The Bertz CT molecular complexity index is 2390. The minimum absolute atomic E-state index is 0.694. The Labute approximate surface area is 223 Å². The number of furan rings is 1. The van der Waals surface area contributed by atoms with Crippen LogP contribution >= 0.6 is 0 Å². The first-order valence-electron chi connectivity index (χ1n) is 13.2. The molecule has 0 aliphatic heterocycles. The minimum atomic E-state index is 0.694. The molecule has 2 aromatic heterocycles. The van der Waals surface area contributed by atoms with Gasteiger partial charge in [-0.3, -0.25) is 0 Å². The van der Waals surface area contributed by atoms with Crippen LogP contribution in [0.25, 0.3) is 87.8 Å². The second-order valence-corrected chi connectivity index (χ2v) is 10.2. The fourth-order valence-corrected chi connectivity index (χ4v) is 6.22. The number of hydrogen-bond donors (Lipinski definition) is 0. The number of para-hydroxylation sites is 1. The molecule has 0 saturated heterocycles. The number of hydrogen-bond acceptors (Lipinski definition) is 3. The second kappa shape index (κ2) is 7.62. The standard InChI is InChI=1S/C36H20N2O/c1-2-9-21(10-3-1)35-26-13-6-7-15-30(26)37-36(38-35)24-19-29-28-18-23-12-5-4-11-22(23)17-27(28)25-14-8-16-31-33(25)34(29)32(20-24)39-31/h1-20H. The van der Waals surface area contributed by atoms with Crippen LogP contribution in [0.4, 0.5) is 0 Å². The molecule has 0 aliphatic rings. The molecule has 7 aromatic carbocycles. The summed E-state index contributed by atoms with van der Waals surface area (Å²) in [6, 6.07) is 42.5. The largest absolute Gasteiger partial charge is 0.456 e. The third-order valence-corrected chi connectivity index (χ3v) is 7.97. The van der Waals surface area contributed by atoms with Crippen molar-refractivity contribution in [2.24, 2.45) is 0 Å². The van der Waals surface area contributed by atoms with Gasteiger partial charge in [-0.2, -0.15) is 0 Å². The van der Waals surface area contributed by atoms with Crippen LogP contribution in [0.5, 0.6) is 0 Å². The molecule has 0 atom stereocenters. The third kappa shape index (κ3) is 2.93. The molecule has 9 aromatic rings. The van der Waals surface area contributed by atoms with Crippen molar-refractivity contribution in [2.75, 3.05) is 0 Å². The third-order valence-electron chi connectivity index (χ3n) is 7.97. The highest BCUT2D eigenvalue weighted by Gasteiger charge is 2.20. The first-order chi connectivity index (χ1) is 19.3. The summed E-state index contributed by atoms with van der Waals surface area (Å²) in [5.74, 6) is 0.694. The van der Waals surface area contributed by atoms with Crippen molar-refractivity contribution in [1.29, 1.82) is 0 Å². The van der Waals surface area contributed by atoms with Crippen molar-refractivity contribution in [3.63, 3.8) is 0 Å². The van der Waals surface area contributed by atoms with Crippen LogP contribution in [-0.4, -0.2) is 9.97 Å². The SMILES string of the molecule is c1ccc(-c2nc(-c3cc4oc5cccc6c7cc8ccccc8cc7c(c3)c4c56)nc3ccccc23)cc1. The van der Waals surface area contributed by atoms with Gasteiger partial charge in [0.25, 0.3) is 0 Å². The van der Waals surface area contributed by atoms with Gasteiger partial charge in [0.15, 0.2) is 5.82 Å². The molecule has 9 rings (SSSR count). The maximum atomic E-state index is 6.49. The Morgan fingerprint density at radius 3 is 1.97 bits per heavy atom. The smallest absolute Gasteiger partial charge is 0.160 e. The summed E-state index contributed by atoms with van der Waals surface area (Å²) in [6.07, 6.45) is 0. The molecular weight excluding hydrogens is 476 g/mol. The summed E-state index contributed by atoms with van der Waals surface area (Å²) in [7, 11) is 0. The van der Waals surface area contributed by atoms with E-state index in [2.05, 4.69) is 103 Å². The number of rotatable bonds is 2. The van der Waals surface area contributed by atoms with E-state index in [-0.39, 0.29) is 0 Å². The van der Waals surface area contributed by atoms with Crippen molar-refractivity contribution >= 4 is 65.2 Å². The molecule has 0 radical (unpaired) electrons. The van der Waals surface area contributed by atoms with Gasteiger partial charge >= 0.3 is 0 Å². The van der Waals surface area contributed by atoms with Crippen LogP contribution in [0, 0.1) is 0 Å². The molecule has 39 heavy (non-hydrogen) atoms. The molecule has 0 N–H and O–H groups in total. The summed E-state index contributed by atoms with van der Waals surface area (Å²) in [5.41, 5.74) is 5.65. The average molecular weight is 497 g/mol. The van der Waals surface area contributed by atoms with Gasteiger partial charge in [0.2, 0.25) is 0 Å². The van der Waals surface area contributed by atoms with Crippen molar-refractivity contribution in [3.05, 3.63) is 121 Å². The topological polar surface area (TPSA) is 38.9 Å². The summed E-state index contributed by atoms with van der Waals surface area (Å²) in [5, 5.41) is 10.7. The Hall–Kier alpha value is -5.28. The molecule has 0 spiro atoms. The van der Waals surface area contributed by atoms with Crippen LogP contribution in [-0.2, 0) is 0 Å². The number of fused-ring (bicyclic) bond motifs is 5. The minimum Gasteiger partial charge on any atom is -0.456 e. The van der Waals surface area contributed by atoms with Crippen molar-refractivity contribution < 1.29 is 4.42 Å². The van der Waals surface area contributed by atoms with E-state index in [0.29, 0.717) is 5.82 Å². The Morgan fingerprint density at radius 2 is 1.13 bits per heavy atom. The van der Waals surface area contributed by atoms with Gasteiger partial charge in [0, 0.05) is 27.3 Å². The van der Waals surface area contributed by atoms with Gasteiger partial charge in [-0.25, -0.2) is 9.97 Å². The van der Waals surface area contributed by atoms with E-state index in [1.54, 1.807) is 0 Å². The predicted octanol–water partition coefficient (Wildman–Crippen LogP) is 9.76. The lowest BCUT2D eigenvalue weighted by Gasteiger charge is -2.12. The predicted molar refractivity (Wildman–Crippen MR) is 161 cm³/mol. The van der Waals surface area contributed by atoms with Gasteiger partial charge in [0.1, 0.15) is 11.2 Å². The molecule has 0 saturated carbocycles. The molecule has 3 heteroatoms. The van der Waals surface area contributed by atoms with E-state index in [0.717, 1.165) is 44.3 Å². The van der Waals surface area contributed by atoms with Gasteiger partial charge in [-0.05, 0) is 68.7 Å². The van der Waals surface area contributed by atoms with Crippen molar-refractivity contribution in [1.82, 2.24) is 9.97 Å². The normalized spacial score (nSPS) is 12.1. The number of benzene rings is 7. The lowest BCUT2D eigenvalue weighted by atomic mass is 9.91. The molecule has 180 valence electrons. The zero-order chi connectivity index (χ0) is 25.5. The summed E-state index contributed by atoms with van der Waals surface area (Å²) in [6.45, 7) is 0. The number of nitrogens with zero attached hydrogens (tertiary/aromatic N) is 2. The average Bonchev–Trinajstić information content (AvgIpc) is 3.38. The van der Waals surface area contributed by atoms with Gasteiger partial charge in [-0.15, -0.1) is 0 Å². The van der Waals surface area contributed by atoms with E-state index in [1.807, 2.05) is 18.2 Å². The quantitative estimate of drug-likeness (QED) is 0.177. The molecule has 0 amide bonds. The monoisotopic (exact) mass is 496 g/mol. The van der Waals surface area contributed by atoms with Crippen molar-refractivity contribution in [2.45, 2.75) is 0 Å². The maximum absolute atomic E-state index is 6.49. The molecule has 0 aliphatic carbocycles. The van der Waals surface area contributed by atoms with E-state index >= 15 is 0 Å². The second-order valence-electron chi connectivity index (χ2n) is 10.2. The molecule has 3 nitrogen and oxygen atoms in total. The van der Waals surface area contributed by atoms with Crippen LogP contribution in [0.2, 0.25) is 0 Å². The van der Waals surface area contributed by atoms with Gasteiger partial charge in [-0.1, -0.05) is 84.9 Å². The lowest BCUT2D eigenvalue weighted by Crippen LogP contribution is -1.95. The first-order valence-corrected chi connectivity index (χ1v) is 13.2. The highest BCUT2D eigenvalue weighted by molar-refractivity contribution is 6.34.